The highest BCUT2D eigenvalue weighted by atomic mass is 16.1. The lowest BCUT2D eigenvalue weighted by Crippen LogP contribution is -2.53. The molecule has 0 aromatic carbocycles. The highest BCUT2D eigenvalue weighted by Gasteiger charge is 2.60. The number of rotatable bonds is 6. The summed E-state index contributed by atoms with van der Waals surface area (Å²) in [4.78, 5) is 24.3. The van der Waals surface area contributed by atoms with Crippen molar-refractivity contribution in [3.63, 3.8) is 0 Å². The van der Waals surface area contributed by atoms with Gasteiger partial charge in [-0.05, 0) is 117 Å². The van der Waals surface area contributed by atoms with Crippen molar-refractivity contribution in [2.75, 3.05) is 6.54 Å². The van der Waals surface area contributed by atoms with E-state index in [9.17, 15) is 9.59 Å². The number of fused-ring (bicyclic) bond motifs is 5. The van der Waals surface area contributed by atoms with E-state index in [0.29, 0.717) is 23.2 Å². The zero-order valence-electron chi connectivity index (χ0n) is 22.3. The Morgan fingerprint density at radius 2 is 1.76 bits per heavy atom. The first-order valence-corrected chi connectivity index (χ1v) is 14.8. The average Bonchev–Trinajstić information content (AvgIpc) is 3.41. The maximum Gasteiger partial charge on any atom is 0.220 e. The molecule has 192 valence electrons. The van der Waals surface area contributed by atoms with Gasteiger partial charge < -0.3 is 10.6 Å². The van der Waals surface area contributed by atoms with Crippen LogP contribution in [0.4, 0.5) is 0 Å². The van der Waals surface area contributed by atoms with Crippen LogP contribution in [0.3, 0.4) is 0 Å². The van der Waals surface area contributed by atoms with E-state index >= 15 is 0 Å². The summed E-state index contributed by atoms with van der Waals surface area (Å²) in [6.45, 7) is 10.1. The van der Waals surface area contributed by atoms with Crippen molar-refractivity contribution in [3.8, 4) is 0 Å². The normalized spacial score (nSPS) is 46.8. The third kappa shape index (κ3) is 4.28. The van der Waals surface area contributed by atoms with Gasteiger partial charge in [0.1, 0.15) is 5.78 Å². The van der Waals surface area contributed by atoms with E-state index < -0.39 is 0 Å². The van der Waals surface area contributed by atoms with Gasteiger partial charge in [-0.2, -0.15) is 0 Å². The number of carbonyl (C=O) groups is 2. The minimum Gasteiger partial charge on any atom is -0.352 e. The molecule has 0 aromatic heterocycles. The molecule has 4 saturated carbocycles. The summed E-state index contributed by atoms with van der Waals surface area (Å²) in [5.74, 6) is 5.60. The van der Waals surface area contributed by atoms with Crippen LogP contribution in [0.1, 0.15) is 111 Å². The van der Waals surface area contributed by atoms with Crippen LogP contribution >= 0.6 is 0 Å². The summed E-state index contributed by atoms with van der Waals surface area (Å²) in [7, 11) is 0. The van der Waals surface area contributed by atoms with Crippen molar-refractivity contribution in [3.05, 3.63) is 0 Å². The van der Waals surface area contributed by atoms with E-state index in [1.807, 2.05) is 0 Å². The maximum atomic E-state index is 12.7. The minimum atomic E-state index is -0.0827. The smallest absolute Gasteiger partial charge is 0.220 e. The molecule has 2 N–H and O–H groups in total. The molecule has 34 heavy (non-hydrogen) atoms. The van der Waals surface area contributed by atoms with E-state index in [2.05, 4.69) is 31.4 Å². The first-order chi connectivity index (χ1) is 16.2. The number of ketones is 1. The van der Waals surface area contributed by atoms with E-state index in [4.69, 9.17) is 0 Å². The van der Waals surface area contributed by atoms with Crippen molar-refractivity contribution in [1.29, 1.82) is 0 Å². The molecule has 4 unspecified atom stereocenters. The minimum absolute atomic E-state index is 0.0827. The summed E-state index contributed by atoms with van der Waals surface area (Å²) in [6, 6.07) is 0.0253. The molecule has 4 heteroatoms. The third-order valence-corrected chi connectivity index (χ3v) is 12.2. The van der Waals surface area contributed by atoms with Gasteiger partial charge in [-0.25, -0.2) is 0 Å². The second-order valence-corrected chi connectivity index (χ2v) is 13.7. The summed E-state index contributed by atoms with van der Waals surface area (Å²) >= 11 is 0. The molecule has 5 rings (SSSR count). The van der Waals surface area contributed by atoms with Gasteiger partial charge >= 0.3 is 0 Å². The van der Waals surface area contributed by atoms with Crippen LogP contribution in [-0.2, 0) is 9.59 Å². The Morgan fingerprint density at radius 1 is 0.971 bits per heavy atom. The van der Waals surface area contributed by atoms with Gasteiger partial charge in [-0.3, -0.25) is 9.59 Å². The lowest BCUT2D eigenvalue weighted by atomic mass is 9.44. The quantitative estimate of drug-likeness (QED) is 0.509. The van der Waals surface area contributed by atoms with Crippen LogP contribution in [-0.4, -0.2) is 30.3 Å². The van der Waals surface area contributed by atoms with Crippen LogP contribution in [0.2, 0.25) is 0 Å². The molecule has 0 aromatic rings. The SMILES string of the molecule is CC(=O)[C@@H]1C[C@H](NC(=O)CC[C@@H](C)[C@H]2CCC3C4CCC5CCCC[C@]5(C)C4CC[C@@]32C)CN1. The maximum absolute atomic E-state index is 12.7. The van der Waals surface area contributed by atoms with Crippen molar-refractivity contribution in [1.82, 2.24) is 10.6 Å². The number of hydrogen-bond donors (Lipinski definition) is 2. The average molecular weight is 471 g/mol. The van der Waals surface area contributed by atoms with Crippen molar-refractivity contribution in [2.24, 2.45) is 46.3 Å². The van der Waals surface area contributed by atoms with Crippen LogP contribution in [0.25, 0.3) is 0 Å². The molecule has 4 aliphatic carbocycles. The van der Waals surface area contributed by atoms with Gasteiger partial charge in [0.2, 0.25) is 5.91 Å². The van der Waals surface area contributed by atoms with Crippen LogP contribution in [0.15, 0.2) is 0 Å². The molecule has 5 fully saturated rings. The fourth-order valence-corrected chi connectivity index (χ4v) is 10.3. The summed E-state index contributed by atoms with van der Waals surface area (Å²) < 4.78 is 0. The highest BCUT2D eigenvalue weighted by Crippen LogP contribution is 2.68. The van der Waals surface area contributed by atoms with Gasteiger partial charge in [0.25, 0.3) is 0 Å². The number of hydrogen-bond acceptors (Lipinski definition) is 3. The van der Waals surface area contributed by atoms with Gasteiger partial charge in [-0.15, -0.1) is 0 Å². The number of Topliss-reactive ketones (excluding diaryl/α,β-unsaturated/α-hetero) is 1. The number of carbonyl (C=O) groups excluding carboxylic acids is 2. The van der Waals surface area contributed by atoms with Crippen molar-refractivity contribution < 1.29 is 9.59 Å². The van der Waals surface area contributed by atoms with Gasteiger partial charge in [0.15, 0.2) is 0 Å². The monoisotopic (exact) mass is 470 g/mol. The predicted molar refractivity (Wildman–Crippen MR) is 137 cm³/mol. The first kappa shape index (κ1) is 24.8. The molecule has 5 aliphatic rings. The third-order valence-electron chi connectivity index (χ3n) is 12.2. The van der Waals surface area contributed by atoms with Crippen LogP contribution < -0.4 is 10.6 Å². The Labute approximate surface area is 208 Å². The molecule has 10 atom stereocenters. The summed E-state index contributed by atoms with van der Waals surface area (Å²) in [5.41, 5.74) is 1.11. The topological polar surface area (TPSA) is 58.2 Å². The van der Waals surface area contributed by atoms with Crippen molar-refractivity contribution in [2.45, 2.75) is 123 Å². The molecule has 0 bridgehead atoms. The lowest BCUT2D eigenvalue weighted by Gasteiger charge is -2.61. The predicted octanol–water partition coefficient (Wildman–Crippen LogP) is 5.89. The molecule has 0 radical (unpaired) electrons. The lowest BCUT2D eigenvalue weighted by molar-refractivity contribution is -0.123. The number of nitrogens with one attached hydrogen (secondary N) is 2. The Morgan fingerprint density at radius 3 is 2.53 bits per heavy atom. The number of amides is 1. The molecule has 1 heterocycles. The van der Waals surface area contributed by atoms with Crippen LogP contribution in [0.5, 0.6) is 0 Å². The largest absolute Gasteiger partial charge is 0.352 e. The zero-order valence-corrected chi connectivity index (χ0v) is 22.3. The molecular formula is C30H50N2O2. The van der Waals surface area contributed by atoms with E-state index in [1.165, 1.54) is 64.2 Å². The molecule has 1 saturated heterocycles. The Balaban J connectivity index is 1.16. The van der Waals surface area contributed by atoms with Gasteiger partial charge in [0.05, 0.1) is 6.04 Å². The zero-order chi connectivity index (χ0) is 24.1. The Bertz CT molecular complexity index is 782. The molecule has 1 amide bonds. The van der Waals surface area contributed by atoms with Gasteiger partial charge in [0, 0.05) is 19.0 Å². The second kappa shape index (κ2) is 9.52. The van der Waals surface area contributed by atoms with E-state index in [-0.39, 0.29) is 23.8 Å². The fourth-order valence-electron chi connectivity index (χ4n) is 10.3. The fraction of sp³-hybridized carbons (Fsp3) is 0.933. The van der Waals surface area contributed by atoms with Crippen molar-refractivity contribution >= 4 is 11.7 Å². The summed E-state index contributed by atoms with van der Waals surface area (Å²) in [6.07, 6.45) is 17.0. The van der Waals surface area contributed by atoms with E-state index in [1.54, 1.807) is 6.92 Å². The van der Waals surface area contributed by atoms with E-state index in [0.717, 1.165) is 49.0 Å². The summed E-state index contributed by atoms with van der Waals surface area (Å²) in [5, 5.41) is 6.43. The highest BCUT2D eigenvalue weighted by molar-refractivity contribution is 5.82. The molecule has 0 spiro atoms. The van der Waals surface area contributed by atoms with Gasteiger partial charge in [-0.1, -0.05) is 33.6 Å². The molecule has 1 aliphatic heterocycles. The standard InChI is InChI=1S/C30H50N2O2/c1-19(8-13-28(34)32-22-17-27(20(2)33)31-18-22)24-11-12-25-23-10-9-21-7-5-6-15-29(21,3)26(23)14-16-30(24,25)4/h19,21-27,31H,5-18H2,1-4H3,(H,32,34)/t19-,21?,22+,23?,24-,25?,26?,27+,29+,30-/m1/s1. The first-order valence-electron chi connectivity index (χ1n) is 14.8. The van der Waals surface area contributed by atoms with Crippen LogP contribution in [0, 0.1) is 46.3 Å². The Kier molecular flexibility index (Phi) is 6.94. The molecular weight excluding hydrogens is 420 g/mol. The second-order valence-electron chi connectivity index (χ2n) is 13.7. The molecule has 4 nitrogen and oxygen atoms in total. The Hall–Kier alpha value is -0.900.